The molecule has 4 N–H and O–H groups in total. The Morgan fingerprint density at radius 1 is 1.11 bits per heavy atom. The molecule has 2 aromatic carbocycles. The smallest absolute Gasteiger partial charge is 0.356 e. The van der Waals surface area contributed by atoms with E-state index in [1.54, 1.807) is 23.1 Å². The number of fused-ring (bicyclic) bond motifs is 1. The number of anilines is 1. The first-order valence-corrected chi connectivity index (χ1v) is 10.5. The number of nitrogen functional groups attached to an aromatic ring is 1. The molecule has 28 heavy (non-hydrogen) atoms. The van der Waals surface area contributed by atoms with Crippen LogP contribution in [0.3, 0.4) is 0 Å². The van der Waals surface area contributed by atoms with Crippen molar-refractivity contribution in [2.75, 3.05) is 25.4 Å². The second-order valence-electron chi connectivity index (χ2n) is 7.51. The Morgan fingerprint density at radius 2 is 1.86 bits per heavy atom. The predicted octanol–water partition coefficient (Wildman–Crippen LogP) is 2.23. The van der Waals surface area contributed by atoms with Gasteiger partial charge >= 0.3 is 5.95 Å². The van der Waals surface area contributed by atoms with Crippen LogP contribution in [0.4, 0.5) is 5.95 Å². The van der Waals surface area contributed by atoms with Gasteiger partial charge in [-0.1, -0.05) is 41.4 Å². The monoisotopic (exact) mass is 420 g/mol. The summed E-state index contributed by atoms with van der Waals surface area (Å²) in [5.74, 6) is 0.666. The normalized spacial score (nSPS) is 16.1. The fraction of sp³-hybridized carbons (Fsp3) is 0.381. The van der Waals surface area contributed by atoms with Crippen molar-refractivity contribution in [3.8, 4) is 0 Å². The highest BCUT2D eigenvalue weighted by atomic mass is 35.5. The number of nitrogens with two attached hydrogens (primary N) is 1. The van der Waals surface area contributed by atoms with E-state index in [1.807, 2.05) is 22.8 Å². The second-order valence-corrected chi connectivity index (χ2v) is 8.32. The van der Waals surface area contributed by atoms with Crippen LogP contribution in [0.2, 0.25) is 10.0 Å². The number of imidazole rings is 1. The zero-order chi connectivity index (χ0) is 19.7. The first-order valence-electron chi connectivity index (χ1n) is 9.77. The number of nitrogens with zero attached hydrogens (tertiary/aromatic N) is 2. The molecular weight excluding hydrogens is 395 g/mol. The highest BCUT2D eigenvalue weighted by Gasteiger charge is 2.25. The number of aliphatic hydroxyl groups is 1. The molecular formula is C21H26Cl2N4O+2. The van der Waals surface area contributed by atoms with E-state index >= 15 is 0 Å². The lowest BCUT2D eigenvalue weighted by Crippen LogP contribution is -3.10. The maximum Gasteiger partial charge on any atom is 0.356 e. The Hall–Kier alpha value is -1.79. The van der Waals surface area contributed by atoms with E-state index in [2.05, 4.69) is 10.6 Å². The van der Waals surface area contributed by atoms with Gasteiger partial charge in [-0.3, -0.25) is 5.73 Å². The van der Waals surface area contributed by atoms with Crippen LogP contribution in [0.25, 0.3) is 11.0 Å². The standard InChI is InChI=1S/C21H24Cl2N4O/c22-16-8-7-15(13-17(16)23)20(28)14-27-19-6-2-1-5-18(19)26(21(27)24)12-11-25-9-3-4-10-25/h1-2,5-8,13,20,24,28H,3-4,9-12,14H2/p+2/t20-/m1/s1. The van der Waals surface area contributed by atoms with Gasteiger partial charge in [-0.05, 0) is 29.8 Å². The van der Waals surface area contributed by atoms with Crippen LogP contribution < -0.4 is 15.2 Å². The van der Waals surface area contributed by atoms with Crippen molar-refractivity contribution in [3.05, 3.63) is 58.1 Å². The van der Waals surface area contributed by atoms with E-state index < -0.39 is 6.10 Å². The van der Waals surface area contributed by atoms with Crippen molar-refractivity contribution < 1.29 is 14.6 Å². The minimum absolute atomic E-state index is 0.355. The molecule has 1 saturated heterocycles. The van der Waals surface area contributed by atoms with E-state index in [1.165, 1.54) is 25.9 Å². The van der Waals surface area contributed by atoms with Crippen molar-refractivity contribution in [2.24, 2.45) is 0 Å². The molecule has 3 aromatic rings. The molecule has 1 aliphatic rings. The van der Waals surface area contributed by atoms with Crippen LogP contribution in [0, 0.1) is 0 Å². The lowest BCUT2D eigenvalue weighted by Gasteiger charge is -2.12. The molecule has 2 heterocycles. The Kier molecular flexibility index (Phi) is 5.78. The molecule has 0 saturated carbocycles. The summed E-state index contributed by atoms with van der Waals surface area (Å²) in [6.07, 6.45) is 1.89. The number of rotatable bonds is 6. The summed E-state index contributed by atoms with van der Waals surface area (Å²) in [7, 11) is 0. The van der Waals surface area contributed by atoms with Crippen LogP contribution in [0.15, 0.2) is 42.5 Å². The van der Waals surface area contributed by atoms with Crippen molar-refractivity contribution in [3.63, 3.8) is 0 Å². The Bertz CT molecular complexity index is 982. The molecule has 0 spiro atoms. The average molecular weight is 421 g/mol. The molecule has 0 amide bonds. The van der Waals surface area contributed by atoms with E-state index in [-0.39, 0.29) is 0 Å². The number of benzene rings is 2. The molecule has 0 aliphatic carbocycles. The van der Waals surface area contributed by atoms with E-state index in [0.717, 1.165) is 29.7 Å². The highest BCUT2D eigenvalue weighted by molar-refractivity contribution is 6.42. The highest BCUT2D eigenvalue weighted by Crippen LogP contribution is 2.26. The maximum atomic E-state index is 10.8. The summed E-state index contributed by atoms with van der Waals surface area (Å²) in [5.41, 5.74) is 9.38. The minimum atomic E-state index is -0.731. The molecule has 1 atom stereocenters. The van der Waals surface area contributed by atoms with E-state index in [9.17, 15) is 5.11 Å². The van der Waals surface area contributed by atoms with Gasteiger partial charge in [-0.15, -0.1) is 0 Å². The number of nitrogens with one attached hydrogen (secondary N) is 1. The molecule has 7 heteroatoms. The maximum absolute atomic E-state index is 10.8. The van der Waals surface area contributed by atoms with Crippen LogP contribution in [-0.4, -0.2) is 29.3 Å². The fourth-order valence-corrected chi connectivity index (χ4v) is 4.44. The molecule has 4 rings (SSSR count). The summed E-state index contributed by atoms with van der Waals surface area (Å²) < 4.78 is 4.16. The lowest BCUT2D eigenvalue weighted by molar-refractivity contribution is -0.888. The summed E-state index contributed by atoms with van der Waals surface area (Å²) in [6.45, 7) is 4.79. The third kappa shape index (κ3) is 3.85. The molecule has 1 aromatic heterocycles. The predicted molar refractivity (Wildman–Crippen MR) is 113 cm³/mol. The van der Waals surface area contributed by atoms with Gasteiger partial charge in [-0.2, -0.15) is 0 Å². The third-order valence-corrected chi connectivity index (χ3v) is 6.44. The first-order chi connectivity index (χ1) is 13.5. The number of hydrogen-bond acceptors (Lipinski definition) is 2. The van der Waals surface area contributed by atoms with Crippen LogP contribution in [0.5, 0.6) is 0 Å². The Morgan fingerprint density at radius 3 is 2.61 bits per heavy atom. The van der Waals surface area contributed by atoms with Gasteiger partial charge in [0, 0.05) is 12.8 Å². The number of aromatic nitrogens is 2. The van der Waals surface area contributed by atoms with E-state index in [4.69, 9.17) is 28.9 Å². The summed E-state index contributed by atoms with van der Waals surface area (Å²) in [5, 5.41) is 11.7. The van der Waals surface area contributed by atoms with Crippen LogP contribution in [0.1, 0.15) is 24.5 Å². The lowest BCUT2D eigenvalue weighted by atomic mass is 10.1. The van der Waals surface area contributed by atoms with Crippen molar-refractivity contribution in [1.29, 1.82) is 0 Å². The van der Waals surface area contributed by atoms with Crippen molar-refractivity contribution >= 4 is 40.2 Å². The van der Waals surface area contributed by atoms with Gasteiger partial charge in [0.05, 0.1) is 23.1 Å². The third-order valence-electron chi connectivity index (χ3n) is 5.70. The zero-order valence-electron chi connectivity index (χ0n) is 15.7. The van der Waals surface area contributed by atoms with Crippen molar-refractivity contribution in [1.82, 2.24) is 4.57 Å². The minimum Gasteiger partial charge on any atom is -0.385 e. The number of likely N-dealkylation sites (tertiary alicyclic amines) is 1. The summed E-state index contributed by atoms with van der Waals surface area (Å²) in [6, 6.07) is 13.4. The fourth-order valence-electron chi connectivity index (χ4n) is 4.13. The molecule has 148 valence electrons. The quantitative estimate of drug-likeness (QED) is 0.535. The van der Waals surface area contributed by atoms with Gasteiger partial charge in [0.15, 0.2) is 0 Å². The van der Waals surface area contributed by atoms with Crippen LogP contribution >= 0.6 is 23.2 Å². The topological polar surface area (TPSA) is 59.5 Å². The Labute approximate surface area is 174 Å². The van der Waals surface area contributed by atoms with Gasteiger partial charge in [0.1, 0.15) is 36.8 Å². The number of aliphatic hydroxyl groups excluding tert-OH is 1. The average Bonchev–Trinajstić information content (AvgIpc) is 3.30. The number of halogens is 2. The van der Waals surface area contributed by atoms with E-state index in [0.29, 0.717) is 22.5 Å². The Balaban J connectivity index is 1.62. The SMILES string of the molecule is Nc1n(CC[NH+]2CCCC2)c2ccccc2[n+]1C[C@@H](O)c1ccc(Cl)c(Cl)c1. The number of quaternary nitrogens is 1. The summed E-state index contributed by atoms with van der Waals surface area (Å²) in [4.78, 5) is 1.64. The molecule has 1 fully saturated rings. The van der Waals surface area contributed by atoms with Gasteiger partial charge in [0.25, 0.3) is 0 Å². The second kappa shape index (κ2) is 8.29. The van der Waals surface area contributed by atoms with Gasteiger partial charge < -0.3 is 10.0 Å². The molecule has 0 unspecified atom stereocenters. The molecule has 5 nitrogen and oxygen atoms in total. The van der Waals surface area contributed by atoms with Gasteiger partial charge in [0.2, 0.25) is 0 Å². The van der Waals surface area contributed by atoms with Crippen molar-refractivity contribution in [2.45, 2.75) is 32.0 Å². The zero-order valence-corrected chi connectivity index (χ0v) is 17.3. The number of para-hydroxylation sites is 2. The molecule has 0 radical (unpaired) electrons. The first kappa shape index (κ1) is 19.5. The molecule has 1 aliphatic heterocycles. The summed E-state index contributed by atoms with van der Waals surface area (Å²) >= 11 is 12.1. The largest absolute Gasteiger partial charge is 0.385 e. The van der Waals surface area contributed by atoms with Crippen LogP contribution in [-0.2, 0) is 13.1 Å². The molecule has 0 bridgehead atoms. The van der Waals surface area contributed by atoms with Gasteiger partial charge in [-0.25, -0.2) is 9.13 Å². The number of hydrogen-bond donors (Lipinski definition) is 3.